The second-order valence-electron chi connectivity index (χ2n) is 7.02. The Morgan fingerprint density at radius 1 is 1.17 bits per heavy atom. The molecule has 4 nitrogen and oxygen atoms in total. The van der Waals surface area contributed by atoms with Gasteiger partial charge in [-0.3, -0.25) is 9.89 Å². The molecule has 3 atom stereocenters. The molecule has 4 rings (SSSR count). The molecule has 2 bridgehead atoms. The second kappa shape index (κ2) is 5.92. The van der Waals surface area contributed by atoms with Gasteiger partial charge in [0.2, 0.25) is 0 Å². The van der Waals surface area contributed by atoms with Crippen molar-refractivity contribution in [3.8, 4) is 6.07 Å². The van der Waals surface area contributed by atoms with E-state index in [0.29, 0.717) is 17.6 Å². The molecule has 1 aromatic rings. The third-order valence-electron chi connectivity index (χ3n) is 5.42. The quantitative estimate of drug-likeness (QED) is 0.839. The first-order valence-corrected chi connectivity index (χ1v) is 8.39. The lowest BCUT2D eigenvalue weighted by molar-refractivity contribution is 0.147. The Bertz CT molecular complexity index is 680. The van der Waals surface area contributed by atoms with Crippen molar-refractivity contribution in [3.63, 3.8) is 0 Å². The van der Waals surface area contributed by atoms with Crippen molar-refractivity contribution in [3.05, 3.63) is 41.5 Å². The molecule has 0 N–H and O–H groups in total. The fourth-order valence-electron chi connectivity index (χ4n) is 4.18. The molecule has 0 radical (unpaired) electrons. The van der Waals surface area contributed by atoms with Crippen LogP contribution in [0.4, 0.5) is 0 Å². The lowest BCUT2D eigenvalue weighted by atomic mass is 9.95. The number of fused-ring (bicyclic) bond motifs is 2. The third kappa shape index (κ3) is 2.83. The number of piperidine rings is 1. The average molecular weight is 306 g/mol. The van der Waals surface area contributed by atoms with Gasteiger partial charge in [-0.15, -0.1) is 0 Å². The molecule has 3 aliphatic rings. The first-order valence-electron chi connectivity index (χ1n) is 8.39. The van der Waals surface area contributed by atoms with Crippen LogP contribution in [0.1, 0.15) is 17.5 Å². The number of aliphatic imine (C=N–C) groups is 1. The molecule has 23 heavy (non-hydrogen) atoms. The molecular formula is C19H22N4. The van der Waals surface area contributed by atoms with Crippen LogP contribution >= 0.6 is 0 Å². The van der Waals surface area contributed by atoms with Crippen LogP contribution < -0.4 is 0 Å². The van der Waals surface area contributed by atoms with Gasteiger partial charge in [-0.05, 0) is 42.7 Å². The average Bonchev–Trinajstić information content (AvgIpc) is 2.86. The summed E-state index contributed by atoms with van der Waals surface area (Å²) in [5.74, 6) is 0.816. The van der Waals surface area contributed by atoms with Gasteiger partial charge < -0.3 is 4.90 Å². The summed E-state index contributed by atoms with van der Waals surface area (Å²) in [4.78, 5) is 9.74. The molecule has 0 aromatic heterocycles. The Morgan fingerprint density at radius 2 is 2.00 bits per heavy atom. The zero-order valence-electron chi connectivity index (χ0n) is 13.5. The van der Waals surface area contributed by atoms with E-state index in [2.05, 4.69) is 34.0 Å². The maximum atomic E-state index is 8.93. The Morgan fingerprint density at radius 3 is 2.74 bits per heavy atom. The highest BCUT2D eigenvalue weighted by Crippen LogP contribution is 2.30. The van der Waals surface area contributed by atoms with Crippen LogP contribution in [0.5, 0.6) is 0 Å². The highest BCUT2D eigenvalue weighted by Gasteiger charge is 2.38. The Kier molecular flexibility index (Phi) is 3.76. The Hall–Kier alpha value is -1.96. The minimum atomic E-state index is 0.405. The summed E-state index contributed by atoms with van der Waals surface area (Å²) in [6.07, 6.45) is 5.69. The SMILES string of the molecule is CN1CC2CC1CN(C1C=C(c3ccc(C#N)cc3)C=NC1)C2. The topological polar surface area (TPSA) is 42.6 Å². The normalized spacial score (nSPS) is 31.0. The summed E-state index contributed by atoms with van der Waals surface area (Å²) in [5.41, 5.74) is 3.03. The Balaban J connectivity index is 1.53. The van der Waals surface area contributed by atoms with Crippen molar-refractivity contribution in [2.45, 2.75) is 18.5 Å². The predicted octanol–water partition coefficient (Wildman–Crippen LogP) is 2.03. The van der Waals surface area contributed by atoms with Gasteiger partial charge in [0.15, 0.2) is 0 Å². The van der Waals surface area contributed by atoms with E-state index in [0.717, 1.165) is 24.6 Å². The number of allylic oxidation sites excluding steroid dienone is 1. The van der Waals surface area contributed by atoms with E-state index in [1.54, 1.807) is 0 Å². The summed E-state index contributed by atoms with van der Waals surface area (Å²) in [6.45, 7) is 4.45. The zero-order valence-corrected chi connectivity index (χ0v) is 13.5. The van der Waals surface area contributed by atoms with E-state index in [4.69, 9.17) is 5.26 Å². The lowest BCUT2D eigenvalue weighted by Gasteiger charge is -2.37. The summed E-state index contributed by atoms with van der Waals surface area (Å²) >= 11 is 0. The number of hydrogen-bond acceptors (Lipinski definition) is 4. The van der Waals surface area contributed by atoms with Gasteiger partial charge in [0.05, 0.1) is 18.2 Å². The molecule has 2 fully saturated rings. The highest BCUT2D eigenvalue weighted by molar-refractivity contribution is 6.10. The van der Waals surface area contributed by atoms with Gasteiger partial charge >= 0.3 is 0 Å². The molecule has 1 aromatic carbocycles. The standard InChI is InChI=1S/C19H22N4/c1-22-11-15-6-19(22)13-23(12-15)18-7-17(9-21-10-18)16-4-2-14(8-20)3-5-16/h2-5,7,9,15,18-19H,6,10-13H2,1H3. The monoisotopic (exact) mass is 306 g/mol. The van der Waals surface area contributed by atoms with E-state index in [9.17, 15) is 0 Å². The molecule has 0 amide bonds. The number of benzene rings is 1. The fraction of sp³-hybridized carbons (Fsp3) is 0.474. The van der Waals surface area contributed by atoms with E-state index < -0.39 is 0 Å². The summed E-state index contributed by atoms with van der Waals surface area (Å²) in [6, 6.07) is 11.1. The molecule has 3 aliphatic heterocycles. The van der Waals surface area contributed by atoms with Gasteiger partial charge in [-0.25, -0.2) is 0 Å². The van der Waals surface area contributed by atoms with Crippen molar-refractivity contribution in [2.24, 2.45) is 10.9 Å². The molecule has 3 heterocycles. The van der Waals surface area contributed by atoms with Crippen LogP contribution in [0.3, 0.4) is 0 Å². The van der Waals surface area contributed by atoms with Crippen LogP contribution in [-0.2, 0) is 0 Å². The van der Waals surface area contributed by atoms with E-state index >= 15 is 0 Å². The van der Waals surface area contributed by atoms with E-state index in [-0.39, 0.29) is 0 Å². The molecular weight excluding hydrogens is 284 g/mol. The molecule has 0 spiro atoms. The molecule has 0 aliphatic carbocycles. The highest BCUT2D eigenvalue weighted by atomic mass is 15.3. The van der Waals surface area contributed by atoms with Gasteiger partial charge in [-0.1, -0.05) is 18.2 Å². The molecule has 2 saturated heterocycles. The van der Waals surface area contributed by atoms with Crippen LogP contribution in [0.2, 0.25) is 0 Å². The van der Waals surface area contributed by atoms with Crippen LogP contribution in [0.25, 0.3) is 5.57 Å². The van der Waals surface area contributed by atoms with E-state index in [1.165, 1.54) is 25.1 Å². The minimum absolute atomic E-state index is 0.405. The fourth-order valence-corrected chi connectivity index (χ4v) is 4.18. The molecule has 3 unspecified atom stereocenters. The smallest absolute Gasteiger partial charge is 0.0991 e. The number of nitriles is 1. The first-order chi connectivity index (χ1) is 11.2. The molecule has 4 heteroatoms. The zero-order chi connectivity index (χ0) is 15.8. The number of likely N-dealkylation sites (N-methyl/N-ethyl adjacent to an activating group) is 1. The van der Waals surface area contributed by atoms with Crippen molar-refractivity contribution in [1.82, 2.24) is 9.80 Å². The van der Waals surface area contributed by atoms with Crippen LogP contribution in [-0.4, -0.2) is 61.3 Å². The van der Waals surface area contributed by atoms with Crippen LogP contribution in [0, 0.1) is 17.2 Å². The van der Waals surface area contributed by atoms with Gasteiger partial charge in [0.1, 0.15) is 0 Å². The van der Waals surface area contributed by atoms with Crippen LogP contribution in [0.15, 0.2) is 35.3 Å². The molecule has 0 saturated carbocycles. The van der Waals surface area contributed by atoms with Crippen molar-refractivity contribution in [2.75, 3.05) is 33.2 Å². The minimum Gasteiger partial charge on any atom is -0.302 e. The number of hydrogen-bond donors (Lipinski definition) is 0. The van der Waals surface area contributed by atoms with Crippen molar-refractivity contribution < 1.29 is 0 Å². The molecule has 118 valence electrons. The second-order valence-corrected chi connectivity index (χ2v) is 7.02. The number of rotatable bonds is 2. The Labute approximate surface area is 137 Å². The predicted molar refractivity (Wildman–Crippen MR) is 92.4 cm³/mol. The van der Waals surface area contributed by atoms with Gasteiger partial charge in [0.25, 0.3) is 0 Å². The largest absolute Gasteiger partial charge is 0.302 e. The third-order valence-corrected chi connectivity index (χ3v) is 5.42. The lowest BCUT2D eigenvalue weighted by Crippen LogP contribution is -2.47. The first kappa shape index (κ1) is 14.6. The summed E-state index contributed by atoms with van der Waals surface area (Å²) < 4.78 is 0. The van der Waals surface area contributed by atoms with Crippen molar-refractivity contribution >= 4 is 11.8 Å². The maximum Gasteiger partial charge on any atom is 0.0991 e. The summed E-state index contributed by atoms with van der Waals surface area (Å²) in [5, 5.41) is 8.93. The maximum absolute atomic E-state index is 8.93. The summed E-state index contributed by atoms with van der Waals surface area (Å²) in [7, 11) is 2.26. The van der Waals surface area contributed by atoms with Gasteiger partial charge in [0, 0.05) is 37.9 Å². The van der Waals surface area contributed by atoms with E-state index in [1.807, 2.05) is 30.5 Å². The number of dihydropyridines is 1. The van der Waals surface area contributed by atoms with Crippen molar-refractivity contribution in [1.29, 1.82) is 5.26 Å². The van der Waals surface area contributed by atoms with Gasteiger partial charge in [-0.2, -0.15) is 5.26 Å². The number of likely N-dealkylation sites (tertiary alicyclic amines) is 2. The number of nitrogens with zero attached hydrogens (tertiary/aromatic N) is 4.